The van der Waals surface area contributed by atoms with Gasteiger partial charge in [-0.1, -0.05) is 13.2 Å². The fourth-order valence-electron chi connectivity index (χ4n) is 0.814. The van der Waals surface area contributed by atoms with E-state index in [4.69, 9.17) is 0 Å². The van der Waals surface area contributed by atoms with Crippen LogP contribution in [0.25, 0.3) is 0 Å². The highest BCUT2D eigenvalue weighted by molar-refractivity contribution is 5.52. The lowest BCUT2D eigenvalue weighted by Crippen LogP contribution is -2.09. The van der Waals surface area contributed by atoms with E-state index >= 15 is 0 Å². The SMILES string of the molecule is C=CN1C=[N+](C=C)CC1. The summed E-state index contributed by atoms with van der Waals surface area (Å²) in [5, 5.41) is 0. The van der Waals surface area contributed by atoms with Crippen LogP contribution in [0.2, 0.25) is 0 Å². The third-order valence-electron chi connectivity index (χ3n) is 1.38. The van der Waals surface area contributed by atoms with E-state index in [9.17, 15) is 0 Å². The third kappa shape index (κ3) is 1.19. The molecule has 1 aliphatic heterocycles. The number of hydrogen-bond donors (Lipinski definition) is 0. The molecule has 0 bridgehead atoms. The molecule has 0 amide bonds. The van der Waals surface area contributed by atoms with Gasteiger partial charge in [-0.15, -0.1) is 0 Å². The molecule has 1 heterocycles. The van der Waals surface area contributed by atoms with Crippen molar-refractivity contribution in [2.75, 3.05) is 13.1 Å². The molecule has 2 heteroatoms. The summed E-state index contributed by atoms with van der Waals surface area (Å²) in [5.41, 5.74) is 0. The van der Waals surface area contributed by atoms with Crippen LogP contribution in [0.3, 0.4) is 0 Å². The van der Waals surface area contributed by atoms with Crippen LogP contribution in [0, 0.1) is 0 Å². The van der Waals surface area contributed by atoms with E-state index in [1.807, 2.05) is 28.2 Å². The van der Waals surface area contributed by atoms with Crippen LogP contribution < -0.4 is 0 Å². The molecule has 0 aromatic carbocycles. The van der Waals surface area contributed by atoms with E-state index in [2.05, 4.69) is 13.2 Å². The van der Waals surface area contributed by atoms with E-state index < -0.39 is 0 Å². The topological polar surface area (TPSA) is 6.25 Å². The molecular weight excluding hydrogens is 112 g/mol. The number of nitrogens with zero attached hydrogens (tertiary/aromatic N) is 2. The Hall–Kier alpha value is -1.05. The molecule has 0 atom stereocenters. The highest BCUT2D eigenvalue weighted by atomic mass is 15.2. The zero-order valence-electron chi connectivity index (χ0n) is 5.45. The number of hydrogen-bond acceptors (Lipinski definition) is 1. The quantitative estimate of drug-likeness (QED) is 0.488. The minimum absolute atomic E-state index is 1.02. The van der Waals surface area contributed by atoms with Crippen molar-refractivity contribution >= 4 is 6.34 Å². The Bertz CT molecular complexity index is 158. The first kappa shape index (κ1) is 6.08. The van der Waals surface area contributed by atoms with Gasteiger partial charge in [-0.25, -0.2) is 9.48 Å². The Balaban J connectivity index is 2.59. The summed E-state index contributed by atoms with van der Waals surface area (Å²) in [4.78, 5) is 2.03. The van der Waals surface area contributed by atoms with Gasteiger partial charge in [0, 0.05) is 0 Å². The maximum absolute atomic E-state index is 3.65. The van der Waals surface area contributed by atoms with Crippen LogP contribution in [0.1, 0.15) is 0 Å². The van der Waals surface area contributed by atoms with Crippen LogP contribution >= 0.6 is 0 Å². The molecule has 0 aromatic heterocycles. The zero-order valence-corrected chi connectivity index (χ0v) is 5.45. The summed E-state index contributed by atoms with van der Waals surface area (Å²) < 4.78 is 2.03. The fourth-order valence-corrected chi connectivity index (χ4v) is 0.814. The van der Waals surface area contributed by atoms with E-state index in [1.54, 1.807) is 0 Å². The van der Waals surface area contributed by atoms with Gasteiger partial charge in [0.15, 0.2) is 0 Å². The van der Waals surface area contributed by atoms with Crippen molar-refractivity contribution in [2.24, 2.45) is 0 Å². The zero-order chi connectivity index (χ0) is 6.69. The van der Waals surface area contributed by atoms with Gasteiger partial charge in [-0.3, -0.25) is 0 Å². The lowest BCUT2D eigenvalue weighted by atomic mass is 10.6. The molecule has 0 fully saturated rings. The molecular formula is C7H11N2+. The minimum atomic E-state index is 1.02. The molecule has 0 saturated carbocycles. The monoisotopic (exact) mass is 123 g/mol. The molecule has 0 N–H and O–H groups in total. The Morgan fingerprint density at radius 3 is 2.67 bits per heavy atom. The first-order valence-corrected chi connectivity index (χ1v) is 2.98. The van der Waals surface area contributed by atoms with Crippen molar-refractivity contribution in [3.63, 3.8) is 0 Å². The lowest BCUT2D eigenvalue weighted by molar-refractivity contribution is -0.440. The molecule has 0 radical (unpaired) electrons. The van der Waals surface area contributed by atoms with Gasteiger partial charge in [0.2, 0.25) is 6.34 Å². The molecule has 1 rings (SSSR count). The van der Waals surface area contributed by atoms with Gasteiger partial charge in [0.25, 0.3) is 0 Å². The van der Waals surface area contributed by atoms with Crippen molar-refractivity contribution in [1.82, 2.24) is 4.90 Å². The minimum Gasteiger partial charge on any atom is -0.237 e. The van der Waals surface area contributed by atoms with Crippen LogP contribution in [0.4, 0.5) is 0 Å². The van der Waals surface area contributed by atoms with Gasteiger partial charge in [-0.2, -0.15) is 0 Å². The number of rotatable bonds is 2. The molecule has 2 nitrogen and oxygen atoms in total. The summed E-state index contributed by atoms with van der Waals surface area (Å²) in [7, 11) is 0. The van der Waals surface area contributed by atoms with Crippen molar-refractivity contribution < 1.29 is 4.58 Å². The Labute approximate surface area is 55.4 Å². The molecule has 0 unspecified atom stereocenters. The molecule has 9 heavy (non-hydrogen) atoms. The molecule has 1 aliphatic rings. The second-order valence-electron chi connectivity index (χ2n) is 1.96. The average molecular weight is 123 g/mol. The first-order valence-electron chi connectivity index (χ1n) is 2.98. The van der Waals surface area contributed by atoms with Crippen LogP contribution in [-0.4, -0.2) is 28.9 Å². The molecule has 0 aromatic rings. The van der Waals surface area contributed by atoms with Crippen molar-refractivity contribution in [3.05, 3.63) is 25.6 Å². The van der Waals surface area contributed by atoms with Crippen LogP contribution in [0.5, 0.6) is 0 Å². The van der Waals surface area contributed by atoms with E-state index in [0.29, 0.717) is 0 Å². The van der Waals surface area contributed by atoms with Gasteiger partial charge in [0.1, 0.15) is 13.1 Å². The van der Waals surface area contributed by atoms with Crippen LogP contribution in [-0.2, 0) is 0 Å². The van der Waals surface area contributed by atoms with E-state index in [1.165, 1.54) is 0 Å². The summed E-state index contributed by atoms with van der Waals surface area (Å²) in [6.07, 6.45) is 5.60. The maximum Gasteiger partial charge on any atom is 0.243 e. The predicted octanol–water partition coefficient (Wildman–Crippen LogP) is 0.630. The average Bonchev–Trinajstić information content (AvgIpc) is 2.34. The summed E-state index contributed by atoms with van der Waals surface area (Å²) >= 11 is 0. The fraction of sp³-hybridized carbons (Fsp3) is 0.286. The molecule has 0 aliphatic carbocycles. The highest BCUT2D eigenvalue weighted by Crippen LogP contribution is 1.92. The molecule has 0 saturated heterocycles. The van der Waals surface area contributed by atoms with Crippen molar-refractivity contribution in [1.29, 1.82) is 0 Å². The second kappa shape index (κ2) is 2.49. The van der Waals surface area contributed by atoms with Crippen LogP contribution in [0.15, 0.2) is 25.6 Å². The van der Waals surface area contributed by atoms with Gasteiger partial charge < -0.3 is 0 Å². The van der Waals surface area contributed by atoms with Gasteiger partial charge in [0.05, 0.1) is 12.4 Å². The second-order valence-corrected chi connectivity index (χ2v) is 1.96. The summed E-state index contributed by atoms with van der Waals surface area (Å²) in [6, 6.07) is 0. The predicted molar refractivity (Wildman–Crippen MR) is 38.3 cm³/mol. The molecule has 0 spiro atoms. The molecule has 48 valence electrons. The van der Waals surface area contributed by atoms with Gasteiger partial charge >= 0.3 is 0 Å². The summed E-state index contributed by atoms with van der Waals surface area (Å²) in [5.74, 6) is 0. The summed E-state index contributed by atoms with van der Waals surface area (Å²) in [6.45, 7) is 9.34. The lowest BCUT2D eigenvalue weighted by Gasteiger charge is -1.92. The third-order valence-corrected chi connectivity index (χ3v) is 1.38. The van der Waals surface area contributed by atoms with Crippen molar-refractivity contribution in [2.45, 2.75) is 0 Å². The Kier molecular flexibility index (Phi) is 1.68. The van der Waals surface area contributed by atoms with E-state index in [0.717, 1.165) is 13.1 Å². The normalized spacial score (nSPS) is 17.3. The largest absolute Gasteiger partial charge is 0.243 e. The Morgan fingerprint density at radius 1 is 1.56 bits per heavy atom. The van der Waals surface area contributed by atoms with Gasteiger partial charge in [-0.05, 0) is 0 Å². The maximum atomic E-state index is 3.65. The highest BCUT2D eigenvalue weighted by Gasteiger charge is 2.12. The van der Waals surface area contributed by atoms with Crippen molar-refractivity contribution in [3.8, 4) is 0 Å². The standard InChI is InChI=1S/C7H11N2/c1-3-8-5-6-9(4-2)7-8/h3-4,7H,1-2,5-6H2/q+1. The van der Waals surface area contributed by atoms with E-state index in [-0.39, 0.29) is 0 Å². The first-order chi connectivity index (χ1) is 4.36. The Morgan fingerprint density at radius 2 is 2.33 bits per heavy atom. The smallest absolute Gasteiger partial charge is 0.237 e.